The third kappa shape index (κ3) is 3.58. The van der Waals surface area contributed by atoms with Gasteiger partial charge in [0, 0.05) is 4.90 Å². The Morgan fingerprint density at radius 2 is 2.10 bits per heavy atom. The molecule has 0 atom stereocenters. The van der Waals surface area contributed by atoms with Crippen LogP contribution >= 0.6 is 23.1 Å². The molecule has 2 aromatic rings. The van der Waals surface area contributed by atoms with Crippen molar-refractivity contribution in [1.29, 1.82) is 0 Å². The van der Waals surface area contributed by atoms with E-state index in [9.17, 15) is 13.6 Å². The number of alkyl halides is 2. The number of amides is 1. The predicted molar refractivity (Wildman–Crippen MR) is 80.0 cm³/mol. The number of benzene rings is 1. The maximum absolute atomic E-state index is 12.5. The average Bonchev–Trinajstić information content (AvgIpc) is 2.88. The van der Waals surface area contributed by atoms with E-state index in [0.29, 0.717) is 27.2 Å². The molecule has 0 saturated carbocycles. The lowest BCUT2D eigenvalue weighted by Gasteiger charge is -2.10. The van der Waals surface area contributed by atoms with E-state index in [2.05, 4.69) is 5.32 Å². The van der Waals surface area contributed by atoms with Gasteiger partial charge in [-0.05, 0) is 35.6 Å². The van der Waals surface area contributed by atoms with Crippen molar-refractivity contribution in [2.24, 2.45) is 0 Å². The van der Waals surface area contributed by atoms with Gasteiger partial charge in [0.25, 0.3) is 11.7 Å². The van der Waals surface area contributed by atoms with Crippen molar-refractivity contribution in [2.75, 3.05) is 5.32 Å². The largest absolute Gasteiger partial charge is 0.320 e. The predicted octanol–water partition coefficient (Wildman–Crippen LogP) is 4.88. The molecule has 0 unspecified atom stereocenters. The molecular weight excluding hydrogens is 300 g/mol. The average molecular weight is 313 g/mol. The molecule has 1 aromatic heterocycles. The lowest BCUT2D eigenvalue weighted by molar-refractivity contribution is 0.102. The number of carbonyl (C=O) groups is 1. The maximum atomic E-state index is 12.5. The standard InChI is InChI=1S/C14H13F2NOS2/c1-2-9-7-8-19-12(9)13(18)17-10-5-3-4-6-11(10)20-14(15)16/h3-8,14H,2H2,1H3,(H,17,18). The Morgan fingerprint density at radius 1 is 1.35 bits per heavy atom. The molecule has 0 aliphatic heterocycles. The van der Waals surface area contributed by atoms with Crippen LogP contribution in [-0.2, 0) is 6.42 Å². The molecule has 0 saturated heterocycles. The number of nitrogens with one attached hydrogen (secondary N) is 1. The third-order valence-electron chi connectivity index (χ3n) is 2.69. The van der Waals surface area contributed by atoms with Crippen LogP contribution in [-0.4, -0.2) is 11.7 Å². The highest BCUT2D eigenvalue weighted by Crippen LogP contribution is 2.32. The monoisotopic (exact) mass is 313 g/mol. The molecule has 1 heterocycles. The second-order valence-electron chi connectivity index (χ2n) is 3.96. The van der Waals surface area contributed by atoms with Crippen molar-refractivity contribution in [2.45, 2.75) is 24.0 Å². The lowest BCUT2D eigenvalue weighted by atomic mass is 10.2. The number of hydrogen-bond acceptors (Lipinski definition) is 3. The molecule has 0 spiro atoms. The van der Waals surface area contributed by atoms with Gasteiger partial charge in [0.15, 0.2) is 0 Å². The first kappa shape index (κ1) is 15.0. The molecule has 2 nitrogen and oxygen atoms in total. The van der Waals surface area contributed by atoms with Crippen molar-refractivity contribution in [3.05, 3.63) is 46.2 Å². The highest BCUT2D eigenvalue weighted by molar-refractivity contribution is 7.99. The second kappa shape index (κ2) is 6.85. The first-order chi connectivity index (χ1) is 9.61. The van der Waals surface area contributed by atoms with E-state index in [-0.39, 0.29) is 5.91 Å². The van der Waals surface area contributed by atoms with E-state index in [1.165, 1.54) is 11.3 Å². The lowest BCUT2D eigenvalue weighted by Crippen LogP contribution is -2.12. The quantitative estimate of drug-likeness (QED) is 0.797. The summed E-state index contributed by atoms with van der Waals surface area (Å²) < 4.78 is 25.0. The van der Waals surface area contributed by atoms with Gasteiger partial charge in [-0.1, -0.05) is 30.8 Å². The van der Waals surface area contributed by atoms with Gasteiger partial charge in [0.05, 0.1) is 10.6 Å². The zero-order valence-corrected chi connectivity index (χ0v) is 12.4. The highest BCUT2D eigenvalue weighted by atomic mass is 32.2. The van der Waals surface area contributed by atoms with Crippen molar-refractivity contribution < 1.29 is 13.6 Å². The summed E-state index contributed by atoms with van der Waals surface area (Å²) in [7, 11) is 0. The van der Waals surface area contributed by atoms with Gasteiger partial charge in [-0.15, -0.1) is 11.3 Å². The molecule has 20 heavy (non-hydrogen) atoms. The summed E-state index contributed by atoms with van der Waals surface area (Å²) in [5.74, 6) is -2.76. The fourth-order valence-electron chi connectivity index (χ4n) is 1.76. The number of rotatable bonds is 5. The number of para-hydroxylation sites is 1. The van der Waals surface area contributed by atoms with E-state index >= 15 is 0 Å². The molecule has 1 amide bonds. The molecule has 0 aliphatic rings. The van der Waals surface area contributed by atoms with Crippen LogP contribution in [0.3, 0.4) is 0 Å². The molecular formula is C14H13F2NOS2. The minimum absolute atomic E-state index is 0.251. The normalized spacial score (nSPS) is 10.8. The van der Waals surface area contributed by atoms with Crippen LogP contribution in [0.4, 0.5) is 14.5 Å². The minimum atomic E-state index is -2.51. The summed E-state index contributed by atoms with van der Waals surface area (Å²) >= 11 is 1.78. The molecule has 106 valence electrons. The van der Waals surface area contributed by atoms with Gasteiger partial charge in [-0.3, -0.25) is 4.79 Å². The Morgan fingerprint density at radius 3 is 2.80 bits per heavy atom. The zero-order valence-electron chi connectivity index (χ0n) is 10.7. The number of carbonyl (C=O) groups excluding carboxylic acids is 1. The Bertz CT molecular complexity index is 598. The molecule has 1 N–H and O–H groups in total. The smallest absolute Gasteiger partial charge is 0.288 e. The summed E-state index contributed by atoms with van der Waals surface area (Å²) in [6.45, 7) is 1.97. The zero-order chi connectivity index (χ0) is 14.5. The van der Waals surface area contributed by atoms with Crippen molar-refractivity contribution in [3.8, 4) is 0 Å². The Labute approximate surface area is 124 Å². The number of anilines is 1. The van der Waals surface area contributed by atoms with Gasteiger partial charge in [0.1, 0.15) is 0 Å². The molecule has 2 rings (SSSR count). The van der Waals surface area contributed by atoms with Gasteiger partial charge >= 0.3 is 0 Å². The SMILES string of the molecule is CCc1ccsc1C(=O)Nc1ccccc1SC(F)F. The van der Waals surface area contributed by atoms with Crippen molar-refractivity contribution in [3.63, 3.8) is 0 Å². The maximum Gasteiger partial charge on any atom is 0.288 e. The van der Waals surface area contributed by atoms with E-state index in [1.54, 1.807) is 24.3 Å². The molecule has 6 heteroatoms. The minimum Gasteiger partial charge on any atom is -0.320 e. The first-order valence-corrected chi connectivity index (χ1v) is 7.79. The van der Waals surface area contributed by atoms with Crippen molar-refractivity contribution in [1.82, 2.24) is 0 Å². The van der Waals surface area contributed by atoms with Crippen LogP contribution in [0.2, 0.25) is 0 Å². The Hall–Kier alpha value is -1.40. The number of aryl methyl sites for hydroxylation is 1. The molecule has 1 aromatic carbocycles. The van der Waals surface area contributed by atoms with Gasteiger partial charge in [0.2, 0.25) is 0 Å². The molecule has 0 radical (unpaired) electrons. The number of hydrogen-bond donors (Lipinski definition) is 1. The van der Waals surface area contributed by atoms with E-state index in [4.69, 9.17) is 0 Å². The first-order valence-electron chi connectivity index (χ1n) is 6.03. The Balaban J connectivity index is 2.20. The molecule has 0 aliphatic carbocycles. The van der Waals surface area contributed by atoms with Gasteiger partial charge in [-0.25, -0.2) is 0 Å². The molecule has 0 bridgehead atoms. The Kier molecular flexibility index (Phi) is 5.14. The van der Waals surface area contributed by atoms with Crippen LogP contribution < -0.4 is 5.32 Å². The summed E-state index contributed by atoms with van der Waals surface area (Å²) in [6, 6.07) is 8.48. The van der Waals surface area contributed by atoms with E-state index < -0.39 is 5.76 Å². The van der Waals surface area contributed by atoms with Crippen LogP contribution in [0.1, 0.15) is 22.2 Å². The topological polar surface area (TPSA) is 29.1 Å². The van der Waals surface area contributed by atoms with Crippen molar-refractivity contribution >= 4 is 34.7 Å². The highest BCUT2D eigenvalue weighted by Gasteiger charge is 2.15. The van der Waals surface area contributed by atoms with E-state index in [0.717, 1.165) is 12.0 Å². The summed E-state index contributed by atoms with van der Waals surface area (Å²) in [6.07, 6.45) is 0.764. The molecule has 0 fully saturated rings. The summed E-state index contributed by atoms with van der Waals surface area (Å²) in [5, 5.41) is 4.57. The summed E-state index contributed by atoms with van der Waals surface area (Å²) in [5.41, 5.74) is 1.38. The fourth-order valence-corrected chi connectivity index (χ4v) is 3.25. The van der Waals surface area contributed by atoms with Crippen LogP contribution in [0.5, 0.6) is 0 Å². The van der Waals surface area contributed by atoms with E-state index in [1.807, 2.05) is 18.4 Å². The number of thiophene rings is 1. The van der Waals surface area contributed by atoms with Crippen LogP contribution in [0.25, 0.3) is 0 Å². The fraction of sp³-hybridized carbons (Fsp3) is 0.214. The number of thioether (sulfide) groups is 1. The van der Waals surface area contributed by atoms with Gasteiger partial charge < -0.3 is 5.32 Å². The summed E-state index contributed by atoms with van der Waals surface area (Å²) in [4.78, 5) is 13.2. The van der Waals surface area contributed by atoms with Gasteiger partial charge in [-0.2, -0.15) is 8.78 Å². The van der Waals surface area contributed by atoms with Crippen LogP contribution in [0, 0.1) is 0 Å². The third-order valence-corrected chi connectivity index (χ3v) is 4.43. The van der Waals surface area contributed by atoms with Crippen LogP contribution in [0.15, 0.2) is 40.6 Å². The second-order valence-corrected chi connectivity index (χ2v) is 5.91. The number of halogens is 2.